The fourth-order valence-electron chi connectivity index (χ4n) is 2.16. The molecule has 0 saturated carbocycles. The second-order valence-electron chi connectivity index (χ2n) is 6.46. The number of aldehydes is 1. The lowest BCUT2D eigenvalue weighted by atomic mass is 10.2. The van der Waals surface area contributed by atoms with Gasteiger partial charge in [0.25, 0.3) is 5.56 Å². The summed E-state index contributed by atoms with van der Waals surface area (Å²) >= 11 is 6.06. The first-order valence-corrected chi connectivity index (χ1v) is 9.53. The Balaban J connectivity index is 0.000000751. The first kappa shape index (κ1) is 27.3. The summed E-state index contributed by atoms with van der Waals surface area (Å²) < 4.78 is 70.1. The molecule has 1 aromatic heterocycles. The summed E-state index contributed by atoms with van der Waals surface area (Å²) in [4.78, 5) is 25.3. The van der Waals surface area contributed by atoms with Gasteiger partial charge in [0.05, 0.1) is 6.61 Å². The zero-order chi connectivity index (χ0) is 24.5. The molecule has 1 aromatic carbocycles. The zero-order valence-corrected chi connectivity index (χ0v) is 17.8. The Morgan fingerprint density at radius 1 is 1.25 bits per heavy atom. The minimum Gasteiger partial charge on any atom is -0.471 e. The van der Waals surface area contributed by atoms with Crippen LogP contribution in [0, 0.1) is 11.6 Å². The first-order valence-electron chi connectivity index (χ1n) is 9.16. The number of halogens is 6. The summed E-state index contributed by atoms with van der Waals surface area (Å²) in [6, 6.07) is 2.88. The van der Waals surface area contributed by atoms with E-state index in [1.165, 1.54) is 10.6 Å². The SMILES string of the molecule is CC(C)n1c(OCCCN)nc(OCc2ccc(F)cc2F)c(Cl)c1=O.O=CC(F)(F)F. The van der Waals surface area contributed by atoms with Crippen LogP contribution in [0.4, 0.5) is 22.0 Å². The van der Waals surface area contributed by atoms with Crippen molar-refractivity contribution < 1.29 is 36.2 Å². The molecule has 13 heteroatoms. The smallest absolute Gasteiger partial charge is 0.446 e. The first-order chi connectivity index (χ1) is 14.9. The van der Waals surface area contributed by atoms with Gasteiger partial charge < -0.3 is 15.2 Å². The topological polar surface area (TPSA) is 96.4 Å². The van der Waals surface area contributed by atoms with Crippen molar-refractivity contribution in [2.75, 3.05) is 13.2 Å². The highest BCUT2D eigenvalue weighted by molar-refractivity contribution is 6.31. The Bertz CT molecular complexity index is 967. The van der Waals surface area contributed by atoms with Crippen LogP contribution < -0.4 is 20.8 Å². The maximum atomic E-state index is 13.7. The summed E-state index contributed by atoms with van der Waals surface area (Å²) in [5.41, 5.74) is 5.00. The molecule has 0 spiro atoms. The molecular formula is C19H21ClF5N3O4. The Morgan fingerprint density at radius 2 is 1.88 bits per heavy atom. The molecule has 0 unspecified atom stereocenters. The van der Waals surface area contributed by atoms with E-state index in [0.29, 0.717) is 13.0 Å². The third kappa shape index (κ3) is 8.42. The van der Waals surface area contributed by atoms with Crippen molar-refractivity contribution in [1.82, 2.24) is 9.55 Å². The zero-order valence-electron chi connectivity index (χ0n) is 17.1. The van der Waals surface area contributed by atoms with Crippen molar-refractivity contribution in [2.24, 2.45) is 5.73 Å². The quantitative estimate of drug-likeness (QED) is 0.347. The van der Waals surface area contributed by atoms with Gasteiger partial charge in [-0.1, -0.05) is 11.6 Å². The number of nitrogens with two attached hydrogens (primary N) is 1. The van der Waals surface area contributed by atoms with Gasteiger partial charge in [0.1, 0.15) is 18.2 Å². The number of rotatable bonds is 8. The molecule has 0 radical (unpaired) electrons. The molecule has 0 atom stereocenters. The predicted octanol–water partition coefficient (Wildman–Crippen LogP) is 3.81. The van der Waals surface area contributed by atoms with E-state index >= 15 is 0 Å². The highest BCUT2D eigenvalue weighted by atomic mass is 35.5. The van der Waals surface area contributed by atoms with Crippen LogP contribution >= 0.6 is 11.6 Å². The van der Waals surface area contributed by atoms with E-state index in [1.807, 2.05) is 0 Å². The van der Waals surface area contributed by atoms with Gasteiger partial charge in [-0.05, 0) is 38.9 Å². The summed E-state index contributed by atoms with van der Waals surface area (Å²) in [7, 11) is 0. The van der Waals surface area contributed by atoms with Crippen LogP contribution in [0.25, 0.3) is 0 Å². The van der Waals surface area contributed by atoms with Gasteiger partial charge in [-0.15, -0.1) is 0 Å². The van der Waals surface area contributed by atoms with E-state index in [2.05, 4.69) is 4.98 Å². The van der Waals surface area contributed by atoms with Crippen molar-refractivity contribution in [3.05, 3.63) is 50.8 Å². The molecule has 0 fully saturated rings. The average Bonchev–Trinajstić information content (AvgIpc) is 2.70. The molecule has 7 nitrogen and oxygen atoms in total. The maximum absolute atomic E-state index is 13.7. The van der Waals surface area contributed by atoms with Gasteiger partial charge in [0.15, 0.2) is 5.02 Å². The van der Waals surface area contributed by atoms with Gasteiger partial charge in [-0.25, -0.2) is 8.78 Å². The fraction of sp³-hybridized carbons (Fsp3) is 0.421. The van der Waals surface area contributed by atoms with E-state index in [4.69, 9.17) is 31.6 Å². The van der Waals surface area contributed by atoms with Crippen LogP contribution in [0.1, 0.15) is 31.9 Å². The number of carbonyl (C=O) groups excluding carboxylic acids is 1. The summed E-state index contributed by atoms with van der Waals surface area (Å²) in [5.74, 6) is -1.64. The van der Waals surface area contributed by atoms with Crippen LogP contribution in [0.15, 0.2) is 23.0 Å². The molecule has 0 aliphatic carbocycles. The van der Waals surface area contributed by atoms with Crippen molar-refractivity contribution in [2.45, 2.75) is 39.1 Å². The van der Waals surface area contributed by atoms with E-state index in [0.717, 1.165) is 12.1 Å². The molecular weight excluding hydrogens is 465 g/mol. The van der Waals surface area contributed by atoms with Crippen molar-refractivity contribution in [3.8, 4) is 11.9 Å². The van der Waals surface area contributed by atoms with Crippen LogP contribution in [0.2, 0.25) is 5.02 Å². The van der Waals surface area contributed by atoms with Gasteiger partial charge >= 0.3 is 12.2 Å². The molecule has 0 bridgehead atoms. The number of ether oxygens (including phenoxy) is 2. The Kier molecular flexibility index (Phi) is 10.5. The maximum Gasteiger partial charge on any atom is 0.446 e. The third-order valence-corrected chi connectivity index (χ3v) is 3.93. The molecule has 2 N–H and O–H groups in total. The summed E-state index contributed by atoms with van der Waals surface area (Å²) in [6.07, 6.45) is -5.12. The number of alkyl halides is 3. The van der Waals surface area contributed by atoms with Crippen molar-refractivity contribution in [3.63, 3.8) is 0 Å². The number of benzene rings is 1. The van der Waals surface area contributed by atoms with Crippen LogP contribution in [-0.2, 0) is 11.4 Å². The summed E-state index contributed by atoms with van der Waals surface area (Å²) in [5, 5.41) is -0.243. The number of aromatic nitrogens is 2. The van der Waals surface area contributed by atoms with E-state index in [9.17, 15) is 26.7 Å². The monoisotopic (exact) mass is 485 g/mol. The number of hydrogen-bond donors (Lipinski definition) is 1. The molecule has 0 saturated heterocycles. The number of hydrogen-bond acceptors (Lipinski definition) is 6. The molecule has 0 aliphatic rings. The van der Waals surface area contributed by atoms with Gasteiger partial charge in [0, 0.05) is 17.7 Å². The third-order valence-electron chi connectivity index (χ3n) is 3.61. The lowest BCUT2D eigenvalue weighted by Gasteiger charge is -2.17. The Morgan fingerprint density at radius 3 is 2.38 bits per heavy atom. The minimum atomic E-state index is -4.64. The number of nitrogens with zero attached hydrogens (tertiary/aromatic N) is 2. The highest BCUT2D eigenvalue weighted by Gasteiger charge is 2.25. The van der Waals surface area contributed by atoms with Gasteiger partial charge in [0.2, 0.25) is 12.2 Å². The summed E-state index contributed by atoms with van der Waals surface area (Å²) in [6.45, 7) is 3.98. The molecule has 2 rings (SSSR count). The normalized spacial score (nSPS) is 11.1. The molecule has 1 heterocycles. The van der Waals surface area contributed by atoms with E-state index in [1.54, 1.807) is 13.8 Å². The fourth-order valence-corrected chi connectivity index (χ4v) is 2.35. The number of carbonyl (C=O) groups is 1. The van der Waals surface area contributed by atoms with E-state index < -0.39 is 29.7 Å². The highest BCUT2D eigenvalue weighted by Crippen LogP contribution is 2.25. The van der Waals surface area contributed by atoms with Gasteiger partial charge in [-0.3, -0.25) is 14.2 Å². The largest absolute Gasteiger partial charge is 0.471 e. The predicted molar refractivity (Wildman–Crippen MR) is 106 cm³/mol. The lowest BCUT2D eigenvalue weighted by molar-refractivity contribution is -0.156. The van der Waals surface area contributed by atoms with Crippen LogP contribution in [0.3, 0.4) is 0 Å². The van der Waals surface area contributed by atoms with Crippen LogP contribution in [0.5, 0.6) is 11.9 Å². The Labute approximate surface area is 184 Å². The van der Waals surface area contributed by atoms with Crippen molar-refractivity contribution in [1.29, 1.82) is 0 Å². The molecule has 0 aliphatic heterocycles. The second-order valence-corrected chi connectivity index (χ2v) is 6.83. The lowest BCUT2D eigenvalue weighted by Crippen LogP contribution is -2.26. The molecule has 178 valence electrons. The Hall–Kier alpha value is -2.73. The van der Waals surface area contributed by atoms with E-state index in [-0.39, 0.29) is 41.7 Å². The van der Waals surface area contributed by atoms with Crippen molar-refractivity contribution >= 4 is 17.9 Å². The van der Waals surface area contributed by atoms with Crippen LogP contribution in [-0.4, -0.2) is 35.2 Å². The molecule has 2 aromatic rings. The molecule has 0 amide bonds. The van der Waals surface area contributed by atoms with Gasteiger partial charge in [-0.2, -0.15) is 18.2 Å². The standard InChI is InChI=1S/C17H20ClF2N3O3.C2HF3O/c1-10(2)23-16(24)14(18)15(22-17(23)25-7-3-6-21)26-9-11-4-5-12(19)8-13(11)20;3-2(4,5)1-6/h4-5,8,10H,3,6-7,9,21H2,1-2H3;1H. The second kappa shape index (κ2) is 12.3. The average molecular weight is 486 g/mol. The minimum absolute atomic E-state index is 0.0393. The molecule has 32 heavy (non-hydrogen) atoms.